The summed E-state index contributed by atoms with van der Waals surface area (Å²) in [7, 11) is 2.43. The quantitative estimate of drug-likeness (QED) is 0.0470. The molecular weight excluding hydrogens is 1100 g/mol. The molecule has 81 heavy (non-hydrogen) atoms. The Morgan fingerprint density at radius 1 is 1.00 bits per heavy atom. The Morgan fingerprint density at radius 2 is 1.70 bits per heavy atom. The number of thiazole rings is 1. The van der Waals surface area contributed by atoms with Crippen LogP contribution in [0.5, 0.6) is 6.01 Å². The van der Waals surface area contributed by atoms with Crippen molar-refractivity contribution in [3.05, 3.63) is 81.5 Å². The molecule has 2 bridgehead atoms. The first-order valence-corrected chi connectivity index (χ1v) is 29.5. The molecule has 23 heteroatoms. The largest absolute Gasteiger partial charge is 0.467 e. The lowest BCUT2D eigenvalue weighted by molar-refractivity contribution is -0.139. The van der Waals surface area contributed by atoms with Crippen LogP contribution in [0.15, 0.2) is 48.0 Å². The molecule has 4 aliphatic rings. The number of thiophene rings is 1. The number of methoxy groups -OCH3 is 1. The number of ether oxygens (including phenoxy) is 2. The molecule has 3 aromatic heterocycles. The van der Waals surface area contributed by atoms with E-state index in [0.29, 0.717) is 55.9 Å². The fraction of sp³-hybridized carbons (Fsp3) is 0.500. The van der Waals surface area contributed by atoms with Gasteiger partial charge in [0.25, 0.3) is 0 Å². The van der Waals surface area contributed by atoms with Crippen molar-refractivity contribution in [2.24, 2.45) is 5.92 Å². The van der Waals surface area contributed by atoms with Gasteiger partial charge >= 0.3 is 6.01 Å². The molecule has 10 rings (SSSR count). The summed E-state index contributed by atoms with van der Waals surface area (Å²) in [5.41, 5.74) is 11.0. The third-order valence-electron chi connectivity index (χ3n) is 14.3. The second-order valence-electron chi connectivity index (χ2n) is 20.9. The molecule has 18 nitrogen and oxygen atoms in total. The molecule has 0 aliphatic carbocycles. The normalized spacial score (nSPS) is 17.9. The number of aliphatic hydroxyl groups is 2. The topological polar surface area (TPSA) is 244 Å². The number of nitrogens with one attached hydrogen (secondary N) is 3. The van der Waals surface area contributed by atoms with E-state index in [0.717, 1.165) is 85.0 Å². The molecule has 7 N–H and O–H groups in total. The fourth-order valence-corrected chi connectivity index (χ4v) is 12.6. The van der Waals surface area contributed by atoms with Gasteiger partial charge in [-0.25, -0.2) is 13.8 Å². The minimum absolute atomic E-state index is 0.0190. The molecule has 6 aromatic rings. The number of halogens is 3. The lowest BCUT2D eigenvalue weighted by Gasteiger charge is -2.34. The highest BCUT2D eigenvalue weighted by molar-refractivity contribution is 7.23. The summed E-state index contributed by atoms with van der Waals surface area (Å²) in [5.74, 6) is -0.693. The van der Waals surface area contributed by atoms with Crippen molar-refractivity contribution in [3.8, 4) is 33.6 Å². The number of carbonyl (C=O) groups is 3. The second-order valence-corrected chi connectivity index (χ2v) is 23.2. The van der Waals surface area contributed by atoms with Crippen LogP contribution in [0, 0.1) is 35.8 Å². The van der Waals surface area contributed by atoms with Gasteiger partial charge in [-0.2, -0.15) is 15.2 Å². The maximum Gasteiger partial charge on any atom is 0.318 e. The number of nitrogens with zero attached hydrogens (tertiary/aromatic N) is 7. The van der Waals surface area contributed by atoms with Crippen molar-refractivity contribution in [2.45, 2.75) is 103 Å². The zero-order valence-corrected chi connectivity index (χ0v) is 49.2. The maximum absolute atomic E-state index is 16.3. The van der Waals surface area contributed by atoms with Crippen LogP contribution in [0.4, 0.5) is 19.6 Å². The summed E-state index contributed by atoms with van der Waals surface area (Å²) in [6.45, 7) is 14.3. The van der Waals surface area contributed by atoms with Crippen LogP contribution < -0.4 is 31.3 Å². The number of piperazine rings is 1. The summed E-state index contributed by atoms with van der Waals surface area (Å²) in [6.07, 6.45) is 7.09. The first-order chi connectivity index (χ1) is 39.1. The average Bonchev–Trinajstić information content (AvgIpc) is 4.10. The van der Waals surface area contributed by atoms with Gasteiger partial charge in [0, 0.05) is 74.7 Å². The molecule has 4 aliphatic heterocycles. The number of hydrogen-bond acceptors (Lipinski definition) is 17. The number of fused-ring (bicyclic) bond motifs is 4. The van der Waals surface area contributed by atoms with Gasteiger partial charge in [-0.15, -0.1) is 22.7 Å². The number of hydrogen-bond donors (Lipinski definition) is 6. The van der Waals surface area contributed by atoms with E-state index < -0.39 is 23.7 Å². The Morgan fingerprint density at radius 3 is 2.35 bits per heavy atom. The number of nitriles is 1. The number of aromatic nitrogens is 3. The minimum Gasteiger partial charge on any atom is -0.467 e. The lowest BCUT2D eigenvalue weighted by Crippen LogP contribution is -2.51. The van der Waals surface area contributed by atoms with E-state index >= 15 is 4.39 Å². The number of aliphatic hydroxyl groups excluding tert-OH is 2. The van der Waals surface area contributed by atoms with Gasteiger partial charge in [0.05, 0.1) is 64.3 Å². The summed E-state index contributed by atoms with van der Waals surface area (Å²) in [4.78, 5) is 58.5. The van der Waals surface area contributed by atoms with Crippen molar-refractivity contribution in [1.29, 1.82) is 5.26 Å². The number of benzene rings is 3. The van der Waals surface area contributed by atoms with E-state index in [1.807, 2.05) is 42.8 Å². The van der Waals surface area contributed by atoms with Crippen LogP contribution in [-0.2, 0) is 19.1 Å². The van der Waals surface area contributed by atoms with Gasteiger partial charge in [-0.3, -0.25) is 14.4 Å². The molecular formula is C58H74ClF2N11O7S2. The monoisotopic (exact) mass is 1170 g/mol. The zero-order chi connectivity index (χ0) is 58.3. The molecule has 436 valence electrons. The van der Waals surface area contributed by atoms with E-state index in [2.05, 4.69) is 61.5 Å². The van der Waals surface area contributed by atoms with Crippen LogP contribution in [0.2, 0.25) is 5.02 Å². The summed E-state index contributed by atoms with van der Waals surface area (Å²) in [6, 6.07) is 13.5. The number of likely N-dealkylation sites (tertiary alicyclic amines) is 2. The van der Waals surface area contributed by atoms with E-state index in [1.165, 1.54) is 50.1 Å². The van der Waals surface area contributed by atoms with E-state index in [-0.39, 0.29) is 85.6 Å². The van der Waals surface area contributed by atoms with E-state index in [4.69, 9.17) is 31.9 Å². The van der Waals surface area contributed by atoms with Crippen molar-refractivity contribution >= 4 is 83.8 Å². The van der Waals surface area contributed by atoms with Crippen LogP contribution in [0.1, 0.15) is 95.0 Å². The van der Waals surface area contributed by atoms with Crippen LogP contribution >= 0.6 is 34.3 Å². The van der Waals surface area contributed by atoms with E-state index in [9.17, 15) is 29.1 Å². The zero-order valence-electron chi connectivity index (χ0n) is 46.8. The molecule has 2 unspecified atom stereocenters. The molecule has 7 heterocycles. The SMILES string of the molecule is CC(C)C.CO.COc1nc(N2CC3CCC(C2)N3)c2cc(Cl)c(-c3ccc(F)c4sc(N)c(C#N)c34)c(F)c2n1.Cc1ncsc1-c1ccc([C@H](CO)NC(=O)[C@@H]2CCCN2C(=O)CNC(=O)CCOCCCN2CCCC2)cc1. The highest BCUT2D eigenvalue weighted by Gasteiger charge is 2.36. The third kappa shape index (κ3) is 15.5. The number of aryl methyl sites for hydroxylation is 1. The van der Waals surface area contributed by atoms with Gasteiger partial charge in [-0.1, -0.05) is 62.7 Å². The van der Waals surface area contributed by atoms with Gasteiger partial charge in [0.2, 0.25) is 17.7 Å². The minimum atomic E-state index is -0.700. The number of nitrogens with two attached hydrogens (primary N) is 1. The number of amides is 3. The van der Waals surface area contributed by atoms with E-state index in [1.54, 1.807) is 17.4 Å². The highest BCUT2D eigenvalue weighted by atomic mass is 35.5. The smallest absolute Gasteiger partial charge is 0.318 e. The molecule has 4 fully saturated rings. The molecule has 0 saturated carbocycles. The first kappa shape index (κ1) is 62.4. The Hall–Kier alpha value is -6.16. The van der Waals surface area contributed by atoms with Gasteiger partial charge in [-0.05, 0) is 99.7 Å². The number of carbonyl (C=O) groups excluding carboxylic acids is 3. The summed E-state index contributed by atoms with van der Waals surface area (Å²) >= 11 is 9.19. The Kier molecular flexibility index (Phi) is 22.9. The highest BCUT2D eigenvalue weighted by Crippen LogP contribution is 2.46. The summed E-state index contributed by atoms with van der Waals surface area (Å²) < 4.78 is 41.9. The van der Waals surface area contributed by atoms with Crippen LogP contribution in [0.25, 0.3) is 42.6 Å². The Labute approximate surface area is 485 Å². The average molecular weight is 1170 g/mol. The maximum atomic E-state index is 16.3. The second kappa shape index (κ2) is 29.7. The van der Waals surface area contributed by atoms with Crippen LogP contribution in [0.3, 0.4) is 0 Å². The number of nitrogen functional groups attached to an aromatic ring is 1. The van der Waals surface area contributed by atoms with Gasteiger partial charge in [0.15, 0.2) is 5.82 Å². The predicted octanol–water partition coefficient (Wildman–Crippen LogP) is 8.38. The lowest BCUT2D eigenvalue weighted by atomic mass is 9.97. The Bertz CT molecular complexity index is 3140. The number of rotatable bonds is 17. The summed E-state index contributed by atoms with van der Waals surface area (Å²) in [5, 5.41) is 36.7. The molecule has 3 aromatic carbocycles. The van der Waals surface area contributed by atoms with Gasteiger partial charge < -0.3 is 56.1 Å². The Balaban J connectivity index is 0.000000214. The number of anilines is 2. The van der Waals surface area contributed by atoms with Crippen molar-refractivity contribution in [1.82, 2.24) is 40.7 Å². The third-order valence-corrected chi connectivity index (χ3v) is 16.6. The standard InChI is InChI=1S/C29H41N5O5S.C24H19ClF2N6OS.C4H10.CH4O/c1-21-28(40-20-31-21)23-9-7-22(8-10-23)24(19-35)32-29(38)25-6-4-15-34(25)27(37)18-30-26(36)11-17-39-16-5-14-33-12-2-3-13-33;1-34-24-31-20-13(23(32-24)33-8-10-2-3-11(9-33)30-10)6-15(25)18(19(20)27)12-4-5-16(26)21-17(12)14(7-28)22(29)35-21;1-4(2)3;1-2/h7-10,20,24-25,35H,2-6,11-19H2,1H3,(H,30,36)(H,32,38);4-6,10-11,30H,2-3,8-9,29H2,1H3;4H,1-3H3;2H,1H3/t24-,25-;;;/m0.../s1. The molecule has 0 radical (unpaired) electrons. The fourth-order valence-electron chi connectivity index (χ4n) is 10.5. The molecule has 4 atom stereocenters. The van der Waals surface area contributed by atoms with Crippen molar-refractivity contribution in [3.63, 3.8) is 0 Å². The van der Waals surface area contributed by atoms with Gasteiger partial charge in [0.1, 0.15) is 34.3 Å². The first-order valence-electron chi connectivity index (χ1n) is 27.5. The molecule has 3 amide bonds. The van der Waals surface area contributed by atoms with Crippen LogP contribution in [-0.4, -0.2) is 151 Å². The molecule has 0 spiro atoms. The van der Waals surface area contributed by atoms with Crippen molar-refractivity contribution < 1.29 is 42.9 Å². The molecule has 4 saturated heterocycles. The predicted molar refractivity (Wildman–Crippen MR) is 316 cm³/mol. The van der Waals surface area contributed by atoms with Crippen molar-refractivity contribution in [2.75, 3.05) is 90.5 Å².